The number of hydrogen-bond donors (Lipinski definition) is 4. The van der Waals surface area contributed by atoms with Crippen molar-refractivity contribution in [2.75, 3.05) is 19.8 Å². The molecule has 0 heterocycles. The number of amides is 1. The van der Waals surface area contributed by atoms with E-state index in [1.807, 2.05) is 6.08 Å². The highest BCUT2D eigenvalue weighted by Crippen LogP contribution is 2.43. The number of allylic oxidation sites excluding steroid dienone is 9. The van der Waals surface area contributed by atoms with E-state index in [0.717, 1.165) is 57.8 Å². The number of nitrogens with one attached hydrogen (secondary N) is 1. The minimum Gasteiger partial charge on any atom is -0.387 e. The molecule has 8 nitrogen and oxygen atoms in total. The highest BCUT2D eigenvalue weighted by molar-refractivity contribution is 7.47. The first-order chi connectivity index (χ1) is 25.4. The van der Waals surface area contributed by atoms with Crippen LogP contribution in [-0.4, -0.2) is 47.8 Å². The molecule has 0 fully saturated rings. The Balaban J connectivity index is 4.32. The lowest BCUT2D eigenvalue weighted by atomic mass is 10.0. The molecule has 52 heavy (non-hydrogen) atoms. The van der Waals surface area contributed by atoms with E-state index in [-0.39, 0.29) is 25.7 Å². The molecule has 0 saturated carbocycles. The fourth-order valence-corrected chi connectivity index (χ4v) is 6.45. The maximum absolute atomic E-state index is 12.7. The average Bonchev–Trinajstić information content (AvgIpc) is 3.13. The summed E-state index contributed by atoms with van der Waals surface area (Å²) in [6.45, 7) is 3.96. The van der Waals surface area contributed by atoms with Crippen LogP contribution in [0.15, 0.2) is 60.8 Å². The van der Waals surface area contributed by atoms with Crippen molar-refractivity contribution in [1.29, 1.82) is 0 Å². The molecule has 0 aromatic rings. The number of aliphatic hydroxyl groups excluding tert-OH is 1. The summed E-state index contributed by atoms with van der Waals surface area (Å²) in [5.41, 5.74) is 5.36. The number of rotatable bonds is 38. The number of phosphoric ester groups is 1. The summed E-state index contributed by atoms with van der Waals surface area (Å²) < 4.78 is 22.1. The van der Waals surface area contributed by atoms with Crippen LogP contribution in [0.1, 0.15) is 174 Å². The van der Waals surface area contributed by atoms with E-state index in [1.165, 1.54) is 89.9 Å². The fraction of sp³-hybridized carbons (Fsp3) is 0.744. The Labute approximate surface area is 319 Å². The number of unbranched alkanes of at least 4 members (excludes halogenated alkanes) is 18. The zero-order chi connectivity index (χ0) is 38.2. The molecule has 0 saturated heterocycles. The summed E-state index contributed by atoms with van der Waals surface area (Å²) in [5.74, 6) is -0.235. The van der Waals surface area contributed by atoms with E-state index in [1.54, 1.807) is 6.08 Å². The molecule has 0 spiro atoms. The van der Waals surface area contributed by atoms with Crippen molar-refractivity contribution in [2.24, 2.45) is 5.73 Å². The minimum absolute atomic E-state index is 0.0666. The molecular formula is C43H79N2O6P. The third-order valence-corrected chi connectivity index (χ3v) is 9.81. The smallest absolute Gasteiger partial charge is 0.387 e. The van der Waals surface area contributed by atoms with Crippen LogP contribution in [0.4, 0.5) is 0 Å². The normalized spacial score (nSPS) is 14.8. The summed E-state index contributed by atoms with van der Waals surface area (Å²) in [6.07, 6.45) is 48.5. The third kappa shape index (κ3) is 36.6. The Hall–Kier alpha value is -1.80. The van der Waals surface area contributed by atoms with Gasteiger partial charge in [-0.15, -0.1) is 0 Å². The first-order valence-corrected chi connectivity index (χ1v) is 22.4. The Morgan fingerprint density at radius 1 is 0.654 bits per heavy atom. The number of nitrogens with two attached hydrogens (primary N) is 1. The highest BCUT2D eigenvalue weighted by Gasteiger charge is 2.26. The molecule has 0 aliphatic heterocycles. The van der Waals surface area contributed by atoms with Crippen LogP contribution in [0.5, 0.6) is 0 Å². The molecule has 0 aliphatic carbocycles. The van der Waals surface area contributed by atoms with Gasteiger partial charge in [0.25, 0.3) is 0 Å². The third-order valence-electron chi connectivity index (χ3n) is 8.83. The van der Waals surface area contributed by atoms with Crippen molar-refractivity contribution in [3.05, 3.63) is 60.8 Å². The second-order valence-corrected chi connectivity index (χ2v) is 15.3. The second-order valence-electron chi connectivity index (χ2n) is 13.8. The molecule has 0 bridgehead atoms. The average molecular weight is 751 g/mol. The number of carbonyl (C=O) groups excluding carboxylic acids is 1. The summed E-state index contributed by atoms with van der Waals surface area (Å²) >= 11 is 0. The summed E-state index contributed by atoms with van der Waals surface area (Å²) in [4.78, 5) is 22.6. The molecule has 3 unspecified atom stereocenters. The van der Waals surface area contributed by atoms with Crippen molar-refractivity contribution < 1.29 is 28.4 Å². The van der Waals surface area contributed by atoms with Crippen molar-refractivity contribution in [2.45, 2.75) is 187 Å². The SMILES string of the molecule is CC/C=C\C/C=C\C/C=C\CCCCCC(=O)NC(COP(=O)(O)OCCN)C(O)/C=C/CC/C=C/CCCCCCCCCCCCCCCC. The maximum atomic E-state index is 12.7. The predicted molar refractivity (Wildman–Crippen MR) is 221 cm³/mol. The van der Waals surface area contributed by atoms with Gasteiger partial charge in [-0.25, -0.2) is 4.57 Å². The quantitative estimate of drug-likeness (QED) is 0.0281. The zero-order valence-electron chi connectivity index (χ0n) is 33.3. The van der Waals surface area contributed by atoms with Gasteiger partial charge in [0.15, 0.2) is 0 Å². The first-order valence-electron chi connectivity index (χ1n) is 20.9. The van der Waals surface area contributed by atoms with Crippen LogP contribution < -0.4 is 11.1 Å². The monoisotopic (exact) mass is 751 g/mol. The lowest BCUT2D eigenvalue weighted by molar-refractivity contribution is -0.123. The van der Waals surface area contributed by atoms with Crippen LogP contribution in [-0.2, 0) is 18.4 Å². The van der Waals surface area contributed by atoms with Gasteiger partial charge in [-0.1, -0.05) is 164 Å². The lowest BCUT2D eigenvalue weighted by Gasteiger charge is -2.23. The maximum Gasteiger partial charge on any atom is 0.472 e. The van der Waals surface area contributed by atoms with E-state index in [4.69, 9.17) is 14.8 Å². The number of aliphatic hydroxyl groups is 1. The van der Waals surface area contributed by atoms with Gasteiger partial charge in [-0.05, 0) is 64.2 Å². The molecule has 0 radical (unpaired) electrons. The van der Waals surface area contributed by atoms with Gasteiger partial charge in [-0.3, -0.25) is 13.8 Å². The molecule has 5 N–H and O–H groups in total. The van der Waals surface area contributed by atoms with E-state index < -0.39 is 20.0 Å². The van der Waals surface area contributed by atoms with E-state index in [2.05, 4.69) is 67.8 Å². The molecule has 302 valence electrons. The Morgan fingerprint density at radius 2 is 1.13 bits per heavy atom. The van der Waals surface area contributed by atoms with Crippen LogP contribution in [0.25, 0.3) is 0 Å². The fourth-order valence-electron chi connectivity index (χ4n) is 5.69. The molecule has 3 atom stereocenters. The number of hydrogen-bond acceptors (Lipinski definition) is 6. The van der Waals surface area contributed by atoms with Gasteiger partial charge in [0, 0.05) is 13.0 Å². The molecule has 0 aliphatic rings. The lowest BCUT2D eigenvalue weighted by Crippen LogP contribution is -2.45. The number of carbonyl (C=O) groups is 1. The van der Waals surface area contributed by atoms with Gasteiger partial charge >= 0.3 is 7.82 Å². The Morgan fingerprint density at radius 3 is 1.71 bits per heavy atom. The molecular weight excluding hydrogens is 671 g/mol. The van der Waals surface area contributed by atoms with E-state index in [9.17, 15) is 19.4 Å². The Bertz CT molecular complexity index is 996. The molecule has 0 aromatic heterocycles. The van der Waals surface area contributed by atoms with Crippen molar-refractivity contribution >= 4 is 13.7 Å². The Kier molecular flexibility index (Phi) is 37.6. The van der Waals surface area contributed by atoms with Gasteiger partial charge in [0.2, 0.25) is 5.91 Å². The van der Waals surface area contributed by atoms with E-state index >= 15 is 0 Å². The van der Waals surface area contributed by atoms with Crippen molar-refractivity contribution in [1.82, 2.24) is 5.32 Å². The minimum atomic E-state index is -4.35. The van der Waals surface area contributed by atoms with Crippen LogP contribution in [0, 0.1) is 0 Å². The first kappa shape index (κ1) is 50.2. The number of phosphoric acid groups is 1. The predicted octanol–water partition coefficient (Wildman–Crippen LogP) is 11.5. The van der Waals surface area contributed by atoms with Crippen molar-refractivity contribution in [3.8, 4) is 0 Å². The van der Waals surface area contributed by atoms with Crippen LogP contribution in [0.2, 0.25) is 0 Å². The van der Waals surface area contributed by atoms with Gasteiger partial charge < -0.3 is 21.1 Å². The highest BCUT2D eigenvalue weighted by atomic mass is 31.2. The molecule has 1 amide bonds. The topological polar surface area (TPSA) is 131 Å². The van der Waals surface area contributed by atoms with Gasteiger partial charge in [-0.2, -0.15) is 0 Å². The zero-order valence-corrected chi connectivity index (χ0v) is 34.2. The summed E-state index contributed by atoms with van der Waals surface area (Å²) in [5, 5.41) is 13.6. The molecule has 0 rings (SSSR count). The van der Waals surface area contributed by atoms with Gasteiger partial charge in [0.1, 0.15) is 0 Å². The molecule has 0 aromatic carbocycles. The van der Waals surface area contributed by atoms with Crippen LogP contribution in [0.3, 0.4) is 0 Å². The van der Waals surface area contributed by atoms with Crippen LogP contribution >= 0.6 is 7.82 Å². The van der Waals surface area contributed by atoms with Gasteiger partial charge in [0.05, 0.1) is 25.4 Å². The molecule has 9 heteroatoms. The summed E-state index contributed by atoms with van der Waals surface area (Å²) in [7, 11) is -4.35. The summed E-state index contributed by atoms with van der Waals surface area (Å²) in [6, 6.07) is -0.894. The van der Waals surface area contributed by atoms with E-state index in [0.29, 0.717) is 12.8 Å². The second kappa shape index (κ2) is 38.9. The standard InChI is InChI=1S/C43H79N2O6P/c1-3-5-7-9-11-13-15-17-18-19-20-21-22-23-25-26-28-30-32-34-36-42(46)41(40-51-52(48,49)50-39-38-44)45-43(47)37-35-33-31-29-27-24-16-14-12-10-8-6-4-2/h6,8,12,14,24,26-28,34,36,41-42,46H,3-5,7,9-11,13,15-23,25,29-33,35,37-40,44H2,1-2H3,(H,45,47)(H,48,49)/b8-6-,14-12-,27-24-,28-26+,36-34+. The van der Waals surface area contributed by atoms with Crippen molar-refractivity contribution in [3.63, 3.8) is 0 Å². The largest absolute Gasteiger partial charge is 0.472 e.